The van der Waals surface area contributed by atoms with Crippen LogP contribution < -0.4 is 0 Å². The first kappa shape index (κ1) is 11.3. The lowest BCUT2D eigenvalue weighted by atomic mass is 9.81. The van der Waals surface area contributed by atoms with Crippen LogP contribution in [0.25, 0.3) is 11.3 Å². The van der Waals surface area contributed by atoms with Gasteiger partial charge in [0.1, 0.15) is 0 Å². The predicted octanol–water partition coefficient (Wildman–Crippen LogP) is 1.18. The first-order valence-corrected chi connectivity index (χ1v) is 6.21. The maximum atomic E-state index is 12.6. The standard InChI is InChI=1S/C15H10N2O3/c1-17-14(19)10-6-7-16-12-8-4-2-3-5-9(8)13(18)15(17,20)11(10)12/h2-7,20H,1H3. The van der Waals surface area contributed by atoms with Crippen molar-refractivity contribution in [3.63, 3.8) is 0 Å². The highest BCUT2D eigenvalue weighted by molar-refractivity contribution is 6.17. The summed E-state index contributed by atoms with van der Waals surface area (Å²) >= 11 is 0. The third-order valence-electron chi connectivity index (χ3n) is 4.06. The number of ketones is 1. The van der Waals surface area contributed by atoms with Gasteiger partial charge in [-0.25, -0.2) is 0 Å². The third-order valence-corrected chi connectivity index (χ3v) is 4.06. The summed E-state index contributed by atoms with van der Waals surface area (Å²) in [5.41, 5.74) is 0.234. The van der Waals surface area contributed by atoms with E-state index in [0.717, 1.165) is 4.90 Å². The zero-order valence-electron chi connectivity index (χ0n) is 10.6. The van der Waals surface area contributed by atoms with E-state index in [1.54, 1.807) is 24.3 Å². The van der Waals surface area contributed by atoms with Crippen molar-refractivity contribution in [3.05, 3.63) is 53.2 Å². The fourth-order valence-corrected chi connectivity index (χ4v) is 3.03. The average Bonchev–Trinajstić information content (AvgIpc) is 2.69. The second-order valence-corrected chi connectivity index (χ2v) is 4.99. The molecule has 1 unspecified atom stereocenters. The molecule has 1 aliphatic heterocycles. The van der Waals surface area contributed by atoms with Crippen molar-refractivity contribution in [2.75, 3.05) is 7.05 Å². The van der Waals surface area contributed by atoms with E-state index in [-0.39, 0.29) is 5.91 Å². The largest absolute Gasteiger partial charge is 0.360 e. The number of benzene rings is 1. The number of pyridine rings is 1. The molecule has 0 saturated carbocycles. The number of aliphatic hydroxyl groups is 1. The molecule has 2 aliphatic rings. The minimum Gasteiger partial charge on any atom is -0.360 e. The SMILES string of the molecule is CN1C(=O)c2ccnc3c2C1(O)C(=O)c1ccccc1-3. The Hall–Kier alpha value is -2.53. The Bertz CT molecular complexity index is 799. The van der Waals surface area contributed by atoms with Crippen LogP contribution in [0.3, 0.4) is 0 Å². The number of Topliss-reactive ketones (excluding diaryl/α,β-unsaturated/α-hetero) is 1. The summed E-state index contributed by atoms with van der Waals surface area (Å²) in [6.07, 6.45) is 1.53. The van der Waals surface area contributed by atoms with Gasteiger partial charge in [-0.2, -0.15) is 0 Å². The Morgan fingerprint density at radius 1 is 1.10 bits per heavy atom. The topological polar surface area (TPSA) is 70.5 Å². The monoisotopic (exact) mass is 266 g/mol. The molecule has 0 spiro atoms. The lowest BCUT2D eigenvalue weighted by Crippen LogP contribution is -2.49. The quantitative estimate of drug-likeness (QED) is 0.777. The first-order valence-electron chi connectivity index (χ1n) is 6.21. The summed E-state index contributed by atoms with van der Waals surface area (Å²) < 4.78 is 0. The lowest BCUT2D eigenvalue weighted by molar-refractivity contribution is -0.0458. The van der Waals surface area contributed by atoms with Gasteiger partial charge >= 0.3 is 0 Å². The molecule has 0 radical (unpaired) electrons. The molecule has 5 heteroatoms. The Labute approximate surface area is 114 Å². The Kier molecular flexibility index (Phi) is 1.88. The highest BCUT2D eigenvalue weighted by atomic mass is 16.3. The second-order valence-electron chi connectivity index (χ2n) is 4.99. The highest BCUT2D eigenvalue weighted by Crippen LogP contribution is 2.47. The summed E-state index contributed by atoms with van der Waals surface area (Å²) in [5.74, 6) is -0.851. The summed E-state index contributed by atoms with van der Waals surface area (Å²) in [4.78, 5) is 30.2. The Balaban J connectivity index is 2.19. The van der Waals surface area contributed by atoms with Gasteiger partial charge in [0.2, 0.25) is 11.5 Å². The maximum absolute atomic E-state index is 12.6. The molecule has 20 heavy (non-hydrogen) atoms. The normalized spacial score (nSPS) is 22.8. The number of hydrogen-bond acceptors (Lipinski definition) is 4. The van der Waals surface area contributed by atoms with Crippen molar-refractivity contribution in [2.45, 2.75) is 5.72 Å². The fraction of sp³-hybridized carbons (Fsp3) is 0.133. The zero-order chi connectivity index (χ0) is 14.1. The number of amides is 1. The van der Waals surface area contributed by atoms with Crippen LogP contribution >= 0.6 is 0 Å². The van der Waals surface area contributed by atoms with Crippen LogP contribution in [-0.2, 0) is 5.72 Å². The molecule has 2 aromatic rings. The van der Waals surface area contributed by atoms with Crippen LogP contribution in [0.4, 0.5) is 0 Å². The van der Waals surface area contributed by atoms with Gasteiger partial charge in [-0.3, -0.25) is 14.6 Å². The van der Waals surface area contributed by atoms with Gasteiger partial charge in [-0.15, -0.1) is 0 Å². The molecule has 0 bridgehead atoms. The maximum Gasteiger partial charge on any atom is 0.257 e. The van der Waals surface area contributed by atoms with Gasteiger partial charge in [0.05, 0.1) is 16.8 Å². The summed E-state index contributed by atoms with van der Waals surface area (Å²) in [6, 6.07) is 8.49. The smallest absolute Gasteiger partial charge is 0.257 e. The zero-order valence-corrected chi connectivity index (χ0v) is 10.6. The Morgan fingerprint density at radius 2 is 1.80 bits per heavy atom. The first-order chi connectivity index (χ1) is 9.56. The van der Waals surface area contributed by atoms with Crippen molar-refractivity contribution in [1.29, 1.82) is 0 Å². The van der Waals surface area contributed by atoms with Crippen molar-refractivity contribution in [1.82, 2.24) is 9.88 Å². The Morgan fingerprint density at radius 3 is 2.55 bits per heavy atom. The van der Waals surface area contributed by atoms with E-state index >= 15 is 0 Å². The number of carbonyl (C=O) groups is 2. The van der Waals surface area contributed by atoms with E-state index in [4.69, 9.17) is 0 Å². The fourth-order valence-electron chi connectivity index (χ4n) is 3.03. The van der Waals surface area contributed by atoms with E-state index in [9.17, 15) is 14.7 Å². The van der Waals surface area contributed by atoms with Crippen LogP contribution in [0, 0.1) is 0 Å². The number of fused-ring (bicyclic) bond motifs is 2. The van der Waals surface area contributed by atoms with E-state index in [1.165, 1.54) is 19.3 Å². The molecule has 0 fully saturated rings. The average molecular weight is 266 g/mol. The molecule has 5 nitrogen and oxygen atoms in total. The van der Waals surface area contributed by atoms with Crippen LogP contribution in [0.2, 0.25) is 0 Å². The van der Waals surface area contributed by atoms with Crippen LogP contribution in [-0.4, -0.2) is 33.7 Å². The minimum absolute atomic E-state index is 0.302. The summed E-state index contributed by atoms with van der Waals surface area (Å²) in [5, 5.41) is 10.9. The molecule has 1 aromatic carbocycles. The predicted molar refractivity (Wildman–Crippen MR) is 70.0 cm³/mol. The highest BCUT2D eigenvalue weighted by Gasteiger charge is 2.57. The van der Waals surface area contributed by atoms with Gasteiger partial charge in [-0.1, -0.05) is 24.3 Å². The molecule has 1 amide bonds. The summed E-state index contributed by atoms with van der Waals surface area (Å²) in [6.45, 7) is 0. The summed E-state index contributed by atoms with van der Waals surface area (Å²) in [7, 11) is 1.43. The molecule has 0 saturated heterocycles. The van der Waals surface area contributed by atoms with Gasteiger partial charge in [0.15, 0.2) is 0 Å². The molecular formula is C15H10N2O3. The van der Waals surface area contributed by atoms with E-state index in [0.29, 0.717) is 27.9 Å². The third kappa shape index (κ3) is 1.02. The number of aromatic nitrogens is 1. The van der Waals surface area contributed by atoms with Crippen molar-refractivity contribution in [3.8, 4) is 11.3 Å². The number of carbonyl (C=O) groups excluding carboxylic acids is 2. The second kappa shape index (κ2) is 3.32. The molecule has 98 valence electrons. The molecule has 1 atom stereocenters. The van der Waals surface area contributed by atoms with Crippen molar-refractivity contribution in [2.24, 2.45) is 0 Å². The van der Waals surface area contributed by atoms with Crippen LogP contribution in [0.5, 0.6) is 0 Å². The van der Waals surface area contributed by atoms with E-state index in [1.807, 2.05) is 0 Å². The number of likely N-dealkylation sites (N-methyl/N-ethyl adjacent to an activating group) is 1. The molecular weight excluding hydrogens is 256 g/mol. The van der Waals surface area contributed by atoms with Crippen molar-refractivity contribution < 1.29 is 14.7 Å². The molecule has 2 heterocycles. The minimum atomic E-state index is -1.94. The van der Waals surface area contributed by atoms with E-state index in [2.05, 4.69) is 4.98 Å². The van der Waals surface area contributed by atoms with Crippen LogP contribution in [0.15, 0.2) is 36.5 Å². The van der Waals surface area contributed by atoms with Gasteiger partial charge in [0.25, 0.3) is 5.91 Å². The van der Waals surface area contributed by atoms with E-state index < -0.39 is 11.5 Å². The molecule has 4 rings (SSSR count). The number of rotatable bonds is 0. The van der Waals surface area contributed by atoms with Crippen LogP contribution in [0.1, 0.15) is 26.3 Å². The lowest BCUT2D eigenvalue weighted by Gasteiger charge is -2.34. The van der Waals surface area contributed by atoms with Gasteiger partial charge in [-0.05, 0) is 6.07 Å². The number of nitrogens with zero attached hydrogens (tertiary/aromatic N) is 2. The van der Waals surface area contributed by atoms with Crippen molar-refractivity contribution >= 4 is 11.7 Å². The van der Waals surface area contributed by atoms with Gasteiger partial charge in [0, 0.05) is 24.4 Å². The molecule has 1 aliphatic carbocycles. The molecule has 1 N–H and O–H groups in total. The van der Waals surface area contributed by atoms with Gasteiger partial charge < -0.3 is 10.0 Å². The molecule has 1 aromatic heterocycles. The number of hydrogen-bond donors (Lipinski definition) is 1.